The van der Waals surface area contributed by atoms with Crippen LogP contribution in [0.3, 0.4) is 0 Å². The molecule has 0 atom stereocenters. The lowest BCUT2D eigenvalue weighted by Gasteiger charge is -1.92. The highest BCUT2D eigenvalue weighted by Gasteiger charge is 1.81. The fourth-order valence-electron chi connectivity index (χ4n) is 1.28. The zero-order valence-electron chi connectivity index (χ0n) is 8.97. The molecule has 0 saturated heterocycles. The lowest BCUT2D eigenvalue weighted by atomic mass is 10.1. The first-order chi connectivity index (χ1) is 7.39. The molecule has 1 aliphatic rings. The lowest BCUT2D eigenvalue weighted by Crippen LogP contribution is -1.71. The summed E-state index contributed by atoms with van der Waals surface area (Å²) < 4.78 is 0. The van der Waals surface area contributed by atoms with E-state index in [2.05, 4.69) is 24.3 Å². The van der Waals surface area contributed by atoms with Crippen LogP contribution in [0.5, 0.6) is 5.75 Å². The largest absolute Gasteiger partial charge is 0.508 e. The number of hydrogen-bond donors (Lipinski definition) is 1. The maximum Gasteiger partial charge on any atom is 0.115 e. The predicted octanol–water partition coefficient (Wildman–Crippen LogP) is 4.07. The number of allylic oxidation sites excluding steroid dienone is 4. The number of rotatable bonds is 0. The molecule has 0 bridgehead atoms. The fraction of sp³-hybridized carbons (Fsp3) is 0.286. The third-order valence-electron chi connectivity index (χ3n) is 2.09. The second-order valence-electron chi connectivity index (χ2n) is 3.43. The van der Waals surface area contributed by atoms with Gasteiger partial charge in [-0.1, -0.05) is 42.5 Å². The van der Waals surface area contributed by atoms with Crippen LogP contribution in [0.25, 0.3) is 0 Å². The zero-order chi connectivity index (χ0) is 10.8. The van der Waals surface area contributed by atoms with Crippen molar-refractivity contribution < 1.29 is 5.11 Å². The van der Waals surface area contributed by atoms with Gasteiger partial charge < -0.3 is 5.11 Å². The Morgan fingerprint density at radius 1 is 0.667 bits per heavy atom. The molecule has 0 amide bonds. The number of phenols is 1. The third kappa shape index (κ3) is 6.55. The van der Waals surface area contributed by atoms with E-state index in [4.69, 9.17) is 5.11 Å². The fourth-order valence-corrected chi connectivity index (χ4v) is 1.28. The highest BCUT2D eigenvalue weighted by Crippen LogP contribution is 2.03. The SMILES string of the molecule is C1=C\CC/C=C\CC/1.Oc1ccccc1. The minimum Gasteiger partial charge on any atom is -0.508 e. The summed E-state index contributed by atoms with van der Waals surface area (Å²) in [6.07, 6.45) is 14.0. The van der Waals surface area contributed by atoms with Crippen LogP contribution >= 0.6 is 0 Å². The molecule has 80 valence electrons. The lowest BCUT2D eigenvalue weighted by molar-refractivity contribution is 0.475. The summed E-state index contributed by atoms with van der Waals surface area (Å²) in [5.41, 5.74) is 0. The van der Waals surface area contributed by atoms with Crippen molar-refractivity contribution in [2.24, 2.45) is 0 Å². The summed E-state index contributed by atoms with van der Waals surface area (Å²) >= 11 is 0. The smallest absolute Gasteiger partial charge is 0.115 e. The van der Waals surface area contributed by atoms with Crippen LogP contribution in [0.4, 0.5) is 0 Å². The molecule has 1 aromatic rings. The van der Waals surface area contributed by atoms with Gasteiger partial charge in [-0.05, 0) is 37.8 Å². The Kier molecular flexibility index (Phi) is 6.07. The van der Waals surface area contributed by atoms with Crippen molar-refractivity contribution in [2.75, 3.05) is 0 Å². The van der Waals surface area contributed by atoms with Gasteiger partial charge in [0, 0.05) is 0 Å². The van der Waals surface area contributed by atoms with Crippen molar-refractivity contribution in [2.45, 2.75) is 25.7 Å². The summed E-state index contributed by atoms with van der Waals surface area (Å²) in [6, 6.07) is 8.71. The Balaban J connectivity index is 0.000000151. The third-order valence-corrected chi connectivity index (χ3v) is 2.09. The summed E-state index contributed by atoms with van der Waals surface area (Å²) in [4.78, 5) is 0. The van der Waals surface area contributed by atoms with Crippen LogP contribution in [0.15, 0.2) is 54.6 Å². The summed E-state index contributed by atoms with van der Waals surface area (Å²) in [6.45, 7) is 0. The second-order valence-corrected chi connectivity index (χ2v) is 3.43. The molecule has 1 N–H and O–H groups in total. The van der Waals surface area contributed by atoms with Gasteiger partial charge in [-0.2, -0.15) is 0 Å². The van der Waals surface area contributed by atoms with E-state index in [1.165, 1.54) is 25.7 Å². The van der Waals surface area contributed by atoms with Crippen LogP contribution in [-0.2, 0) is 0 Å². The molecule has 0 fully saturated rings. The summed E-state index contributed by atoms with van der Waals surface area (Å²) in [7, 11) is 0. The van der Waals surface area contributed by atoms with E-state index >= 15 is 0 Å². The van der Waals surface area contributed by atoms with Gasteiger partial charge in [0.1, 0.15) is 5.75 Å². The molecule has 0 unspecified atom stereocenters. The van der Waals surface area contributed by atoms with Gasteiger partial charge in [-0.15, -0.1) is 0 Å². The van der Waals surface area contributed by atoms with E-state index in [0.29, 0.717) is 5.75 Å². The van der Waals surface area contributed by atoms with E-state index in [-0.39, 0.29) is 0 Å². The zero-order valence-corrected chi connectivity index (χ0v) is 8.97. The van der Waals surface area contributed by atoms with Crippen LogP contribution < -0.4 is 0 Å². The minimum atomic E-state index is 0.322. The number of aromatic hydroxyl groups is 1. The number of phenolic OH excluding ortho intramolecular Hbond substituents is 1. The van der Waals surface area contributed by atoms with Crippen LogP contribution in [0.2, 0.25) is 0 Å². The van der Waals surface area contributed by atoms with E-state index in [1.807, 2.05) is 6.07 Å². The van der Waals surface area contributed by atoms with Gasteiger partial charge >= 0.3 is 0 Å². The summed E-state index contributed by atoms with van der Waals surface area (Å²) in [5.74, 6) is 0.322. The Hall–Kier alpha value is -1.50. The molecule has 0 aliphatic heterocycles. The first-order valence-electron chi connectivity index (χ1n) is 5.43. The first-order valence-corrected chi connectivity index (χ1v) is 5.43. The number of hydrogen-bond acceptors (Lipinski definition) is 1. The Bertz CT molecular complexity index is 272. The van der Waals surface area contributed by atoms with Gasteiger partial charge in [-0.3, -0.25) is 0 Å². The van der Waals surface area contributed by atoms with Crippen LogP contribution in [0, 0.1) is 0 Å². The normalized spacial score (nSPS) is 18.9. The maximum absolute atomic E-state index is 8.63. The molecule has 0 radical (unpaired) electrons. The Labute approximate surface area is 91.8 Å². The van der Waals surface area contributed by atoms with E-state index in [0.717, 1.165) is 0 Å². The van der Waals surface area contributed by atoms with Gasteiger partial charge in [0.15, 0.2) is 0 Å². The van der Waals surface area contributed by atoms with E-state index < -0.39 is 0 Å². The maximum atomic E-state index is 8.63. The molecule has 0 aromatic heterocycles. The average Bonchev–Trinajstić information content (AvgIpc) is 2.18. The second kappa shape index (κ2) is 7.86. The number of benzene rings is 1. The first kappa shape index (κ1) is 11.6. The van der Waals surface area contributed by atoms with Gasteiger partial charge in [0.25, 0.3) is 0 Å². The highest BCUT2D eigenvalue weighted by molar-refractivity contribution is 5.18. The van der Waals surface area contributed by atoms with Crippen molar-refractivity contribution in [3.8, 4) is 5.75 Å². The van der Waals surface area contributed by atoms with E-state index in [9.17, 15) is 0 Å². The molecule has 1 heteroatoms. The van der Waals surface area contributed by atoms with Crippen LogP contribution in [0.1, 0.15) is 25.7 Å². The van der Waals surface area contributed by atoms with Gasteiger partial charge in [0.2, 0.25) is 0 Å². The predicted molar refractivity (Wildman–Crippen MR) is 64.9 cm³/mol. The molecule has 2 rings (SSSR count). The highest BCUT2D eigenvalue weighted by atomic mass is 16.3. The number of para-hydroxylation sites is 1. The molecule has 1 aromatic carbocycles. The quantitative estimate of drug-likeness (QED) is 0.629. The topological polar surface area (TPSA) is 20.2 Å². The molecule has 0 saturated carbocycles. The van der Waals surface area contributed by atoms with Crippen molar-refractivity contribution in [1.29, 1.82) is 0 Å². The Morgan fingerprint density at radius 3 is 1.33 bits per heavy atom. The molecular weight excluding hydrogens is 184 g/mol. The van der Waals surface area contributed by atoms with Crippen molar-refractivity contribution in [3.05, 3.63) is 54.6 Å². The van der Waals surface area contributed by atoms with Crippen molar-refractivity contribution >= 4 is 0 Å². The molecule has 0 spiro atoms. The average molecular weight is 202 g/mol. The molecule has 1 nitrogen and oxygen atoms in total. The monoisotopic (exact) mass is 202 g/mol. The van der Waals surface area contributed by atoms with Crippen LogP contribution in [-0.4, -0.2) is 5.11 Å². The standard InChI is InChI=1S/C8H12.C6H6O/c1-2-4-6-8-7-5-3-1;7-6-4-2-1-3-5-6/h1-2,7-8H,3-6H2;1-5,7H/b2-1-,8-7-;. The molecular formula is C14H18O. The molecule has 0 heterocycles. The molecule has 15 heavy (non-hydrogen) atoms. The van der Waals surface area contributed by atoms with E-state index in [1.54, 1.807) is 24.3 Å². The molecule has 1 aliphatic carbocycles. The Morgan fingerprint density at radius 2 is 1.07 bits per heavy atom. The van der Waals surface area contributed by atoms with Gasteiger partial charge in [-0.25, -0.2) is 0 Å². The van der Waals surface area contributed by atoms with Gasteiger partial charge in [0.05, 0.1) is 0 Å². The van der Waals surface area contributed by atoms with Crippen molar-refractivity contribution in [3.63, 3.8) is 0 Å². The minimum absolute atomic E-state index is 0.322. The van der Waals surface area contributed by atoms with Crippen molar-refractivity contribution in [1.82, 2.24) is 0 Å². The summed E-state index contributed by atoms with van der Waals surface area (Å²) in [5, 5.41) is 8.63.